The minimum Gasteiger partial charge on any atom is -0.324 e. The predicted octanol–water partition coefficient (Wildman–Crippen LogP) is 2.57. The molecule has 2 amide bonds. The van der Waals surface area contributed by atoms with Crippen LogP contribution in [0.2, 0.25) is 0 Å². The molecule has 1 aliphatic carbocycles. The Bertz CT molecular complexity index is 975. The molecule has 26 heavy (non-hydrogen) atoms. The van der Waals surface area contributed by atoms with Crippen molar-refractivity contribution in [2.75, 3.05) is 10.6 Å². The topological polar surface area (TPSA) is 102 Å². The van der Waals surface area contributed by atoms with E-state index in [9.17, 15) is 9.59 Å². The SMILES string of the molecule is Cc1nc2ccc(NC(=O)Cn3cc(NC(=O)C4CCC4)nn3)cc2s1. The molecule has 0 saturated heterocycles. The zero-order chi connectivity index (χ0) is 18.1. The van der Waals surface area contributed by atoms with E-state index in [0.29, 0.717) is 11.5 Å². The summed E-state index contributed by atoms with van der Waals surface area (Å²) in [4.78, 5) is 28.5. The van der Waals surface area contributed by atoms with Crippen molar-refractivity contribution in [2.24, 2.45) is 5.92 Å². The van der Waals surface area contributed by atoms with Gasteiger partial charge in [0.1, 0.15) is 6.54 Å². The molecule has 9 heteroatoms. The first kappa shape index (κ1) is 16.6. The largest absolute Gasteiger partial charge is 0.324 e. The van der Waals surface area contributed by atoms with Crippen molar-refractivity contribution in [3.63, 3.8) is 0 Å². The van der Waals surface area contributed by atoms with Crippen LogP contribution in [0, 0.1) is 12.8 Å². The number of hydrogen-bond donors (Lipinski definition) is 2. The molecular formula is C17H18N6O2S. The fraction of sp³-hybridized carbons (Fsp3) is 0.353. The van der Waals surface area contributed by atoms with Crippen LogP contribution in [0.3, 0.4) is 0 Å². The second-order valence-corrected chi connectivity index (χ2v) is 7.62. The van der Waals surface area contributed by atoms with Crippen LogP contribution in [0.25, 0.3) is 10.2 Å². The van der Waals surface area contributed by atoms with Gasteiger partial charge in [-0.25, -0.2) is 9.67 Å². The Morgan fingerprint density at radius 2 is 2.15 bits per heavy atom. The van der Waals surface area contributed by atoms with E-state index in [0.717, 1.165) is 34.5 Å². The highest BCUT2D eigenvalue weighted by atomic mass is 32.1. The van der Waals surface area contributed by atoms with Gasteiger partial charge in [0, 0.05) is 11.6 Å². The molecule has 1 saturated carbocycles. The number of carbonyl (C=O) groups is 2. The number of hydrogen-bond acceptors (Lipinski definition) is 6. The van der Waals surface area contributed by atoms with Crippen LogP contribution < -0.4 is 10.6 Å². The fourth-order valence-electron chi connectivity index (χ4n) is 2.80. The normalized spacial score (nSPS) is 14.2. The summed E-state index contributed by atoms with van der Waals surface area (Å²) in [6.07, 6.45) is 4.50. The summed E-state index contributed by atoms with van der Waals surface area (Å²) < 4.78 is 2.43. The van der Waals surface area contributed by atoms with Crippen molar-refractivity contribution in [3.05, 3.63) is 29.4 Å². The summed E-state index contributed by atoms with van der Waals surface area (Å²) in [6, 6.07) is 5.62. The predicted molar refractivity (Wildman–Crippen MR) is 99.0 cm³/mol. The highest BCUT2D eigenvalue weighted by Crippen LogP contribution is 2.27. The van der Waals surface area contributed by atoms with Gasteiger partial charge in [0.05, 0.1) is 21.4 Å². The molecule has 1 aromatic carbocycles. The van der Waals surface area contributed by atoms with Crippen LogP contribution in [0.5, 0.6) is 0 Å². The molecule has 2 heterocycles. The second kappa shape index (κ2) is 6.83. The minimum atomic E-state index is -0.215. The summed E-state index contributed by atoms with van der Waals surface area (Å²) in [5.74, 6) is 0.207. The number of carbonyl (C=O) groups excluding carboxylic acids is 2. The number of aromatic nitrogens is 4. The zero-order valence-electron chi connectivity index (χ0n) is 14.2. The number of benzene rings is 1. The fourth-order valence-corrected chi connectivity index (χ4v) is 3.66. The third kappa shape index (κ3) is 3.57. The molecule has 0 bridgehead atoms. The first-order valence-electron chi connectivity index (χ1n) is 8.45. The van der Waals surface area contributed by atoms with Crippen molar-refractivity contribution >= 4 is 44.9 Å². The Balaban J connectivity index is 1.35. The maximum Gasteiger partial charge on any atom is 0.246 e. The van der Waals surface area contributed by atoms with Crippen LogP contribution in [-0.2, 0) is 16.1 Å². The van der Waals surface area contributed by atoms with Gasteiger partial charge >= 0.3 is 0 Å². The van der Waals surface area contributed by atoms with Gasteiger partial charge in [-0.05, 0) is 38.0 Å². The van der Waals surface area contributed by atoms with Gasteiger partial charge in [-0.2, -0.15) is 0 Å². The van der Waals surface area contributed by atoms with Gasteiger partial charge in [0.25, 0.3) is 0 Å². The molecule has 0 atom stereocenters. The Kier molecular flexibility index (Phi) is 4.37. The summed E-state index contributed by atoms with van der Waals surface area (Å²) in [5, 5.41) is 14.4. The van der Waals surface area contributed by atoms with Gasteiger partial charge in [0.15, 0.2) is 5.82 Å². The third-order valence-corrected chi connectivity index (χ3v) is 5.28. The monoisotopic (exact) mass is 370 g/mol. The standard InChI is InChI=1S/C17H18N6O2S/c1-10-18-13-6-5-12(7-14(13)26-10)19-16(24)9-23-8-15(21-22-23)20-17(25)11-3-2-4-11/h5-8,11H,2-4,9H2,1H3,(H,19,24)(H,20,25). The Morgan fingerprint density at radius 3 is 2.92 bits per heavy atom. The number of thiazole rings is 1. The summed E-state index contributed by atoms with van der Waals surface area (Å²) in [5.41, 5.74) is 1.64. The molecule has 8 nitrogen and oxygen atoms in total. The molecule has 2 aromatic heterocycles. The van der Waals surface area contributed by atoms with Gasteiger partial charge in [-0.1, -0.05) is 11.6 Å². The van der Waals surface area contributed by atoms with Crippen LogP contribution in [0.15, 0.2) is 24.4 Å². The van der Waals surface area contributed by atoms with Gasteiger partial charge < -0.3 is 10.6 Å². The zero-order valence-corrected chi connectivity index (χ0v) is 15.0. The highest BCUT2D eigenvalue weighted by molar-refractivity contribution is 7.18. The van der Waals surface area contributed by atoms with Crippen molar-refractivity contribution in [2.45, 2.75) is 32.7 Å². The molecule has 4 rings (SSSR count). The van der Waals surface area contributed by atoms with Crippen molar-refractivity contribution in [1.82, 2.24) is 20.0 Å². The molecule has 0 spiro atoms. The maximum absolute atomic E-state index is 12.2. The number of nitrogens with one attached hydrogen (secondary N) is 2. The van der Waals surface area contributed by atoms with E-state index in [1.807, 2.05) is 25.1 Å². The summed E-state index contributed by atoms with van der Waals surface area (Å²) in [7, 11) is 0. The van der Waals surface area contributed by atoms with Gasteiger partial charge in [-0.15, -0.1) is 16.4 Å². The van der Waals surface area contributed by atoms with Crippen LogP contribution in [0.1, 0.15) is 24.3 Å². The van der Waals surface area contributed by atoms with Gasteiger partial charge in [0.2, 0.25) is 11.8 Å². The van der Waals surface area contributed by atoms with Crippen molar-refractivity contribution in [1.29, 1.82) is 0 Å². The van der Waals surface area contributed by atoms with Crippen molar-refractivity contribution < 1.29 is 9.59 Å². The number of anilines is 2. The molecule has 134 valence electrons. The maximum atomic E-state index is 12.2. The molecule has 0 unspecified atom stereocenters. The van der Waals surface area contributed by atoms with Gasteiger partial charge in [-0.3, -0.25) is 9.59 Å². The van der Waals surface area contributed by atoms with Crippen LogP contribution in [-0.4, -0.2) is 31.8 Å². The number of aryl methyl sites for hydroxylation is 1. The minimum absolute atomic E-state index is 0.0199. The Hall–Kier alpha value is -2.81. The van der Waals surface area contributed by atoms with E-state index in [1.165, 1.54) is 4.68 Å². The lowest BCUT2D eigenvalue weighted by Crippen LogP contribution is -2.28. The summed E-state index contributed by atoms with van der Waals surface area (Å²) in [6.45, 7) is 1.97. The second-order valence-electron chi connectivity index (χ2n) is 6.38. The molecule has 1 fully saturated rings. The van der Waals surface area contributed by atoms with E-state index in [1.54, 1.807) is 17.5 Å². The number of rotatable bonds is 5. The van der Waals surface area contributed by atoms with E-state index >= 15 is 0 Å². The lowest BCUT2D eigenvalue weighted by Gasteiger charge is -2.23. The molecule has 2 N–H and O–H groups in total. The molecule has 1 aliphatic rings. The third-order valence-electron chi connectivity index (χ3n) is 4.35. The highest BCUT2D eigenvalue weighted by Gasteiger charge is 2.25. The van der Waals surface area contributed by atoms with Crippen LogP contribution >= 0.6 is 11.3 Å². The quantitative estimate of drug-likeness (QED) is 0.719. The first-order valence-corrected chi connectivity index (χ1v) is 9.26. The van der Waals surface area contributed by atoms with Crippen molar-refractivity contribution in [3.8, 4) is 0 Å². The van der Waals surface area contributed by atoms with E-state index < -0.39 is 0 Å². The smallest absolute Gasteiger partial charge is 0.246 e. The summed E-state index contributed by atoms with van der Waals surface area (Å²) >= 11 is 1.59. The first-order chi connectivity index (χ1) is 12.6. The molecule has 3 aromatic rings. The molecule has 0 aliphatic heterocycles. The van der Waals surface area contributed by atoms with E-state index in [2.05, 4.69) is 25.9 Å². The number of nitrogens with zero attached hydrogens (tertiary/aromatic N) is 4. The Morgan fingerprint density at radius 1 is 1.31 bits per heavy atom. The lowest BCUT2D eigenvalue weighted by atomic mass is 9.85. The van der Waals surface area contributed by atoms with E-state index in [-0.39, 0.29) is 24.3 Å². The molecule has 0 radical (unpaired) electrons. The van der Waals surface area contributed by atoms with E-state index in [4.69, 9.17) is 0 Å². The van der Waals surface area contributed by atoms with Crippen LogP contribution in [0.4, 0.5) is 11.5 Å². The Labute approximate surface area is 153 Å². The average Bonchev–Trinajstić information content (AvgIpc) is 3.10. The number of fused-ring (bicyclic) bond motifs is 1. The average molecular weight is 370 g/mol. The number of amides is 2. The lowest BCUT2D eigenvalue weighted by molar-refractivity contribution is -0.122. The molecular weight excluding hydrogens is 352 g/mol.